The number of nitrogens with zero attached hydrogens (tertiary/aromatic N) is 2. The Morgan fingerprint density at radius 3 is 1.41 bits per heavy atom. The van der Waals surface area contributed by atoms with Crippen molar-refractivity contribution in [2.45, 2.75) is 107 Å². The van der Waals surface area contributed by atoms with Crippen LogP contribution in [0.15, 0.2) is 88.4 Å². The number of aromatic hydroxyl groups is 1. The Balaban J connectivity index is 0.000000282. The third kappa shape index (κ3) is 12.5. The first-order chi connectivity index (χ1) is 28.5. The quantitative estimate of drug-likeness (QED) is 0.0643. The smallest absolute Gasteiger partial charge is 0.131 e. The predicted octanol–water partition coefficient (Wildman–Crippen LogP) is 14.2. The summed E-state index contributed by atoms with van der Waals surface area (Å²) in [4.78, 5) is 4.11. The van der Waals surface area contributed by atoms with Crippen LogP contribution in [0.3, 0.4) is 0 Å². The molecule has 0 spiro atoms. The summed E-state index contributed by atoms with van der Waals surface area (Å²) in [5.74, 6) is -9.49. The Labute approximate surface area is 381 Å². The van der Waals surface area contributed by atoms with Crippen LogP contribution in [-0.2, 0) is 76.5 Å². The van der Waals surface area contributed by atoms with E-state index in [9.17, 15) is 27.1 Å². The molecule has 10 heteroatoms. The third-order valence-corrected chi connectivity index (χ3v) is 12.8. The summed E-state index contributed by atoms with van der Waals surface area (Å²) in [6, 6.07) is 28.8. The van der Waals surface area contributed by atoms with Gasteiger partial charge in [0, 0.05) is 32.2 Å². The predicted molar refractivity (Wildman–Crippen MR) is 234 cm³/mol. The van der Waals surface area contributed by atoms with Gasteiger partial charge in [-0.25, -0.2) is 0 Å². The molecular formula is C51H56F5Mo2N2O-. The first-order valence-corrected chi connectivity index (χ1v) is 22.5. The molecule has 0 aliphatic heterocycles. The van der Waals surface area contributed by atoms with Gasteiger partial charge in [0.2, 0.25) is 0 Å². The first-order valence-electron chi connectivity index (χ1n) is 20.5. The van der Waals surface area contributed by atoms with Crippen LogP contribution in [0.2, 0.25) is 0 Å². The third-order valence-electron chi connectivity index (χ3n) is 10.4. The van der Waals surface area contributed by atoms with E-state index in [2.05, 4.69) is 92.5 Å². The van der Waals surface area contributed by atoms with E-state index in [4.69, 9.17) is 0 Å². The summed E-state index contributed by atoms with van der Waals surface area (Å²) in [5, 5.41) is 11.6. The van der Waals surface area contributed by atoms with Gasteiger partial charge < -0.3 is 10.1 Å². The van der Waals surface area contributed by atoms with Gasteiger partial charge in [0.25, 0.3) is 0 Å². The fourth-order valence-corrected chi connectivity index (χ4v) is 8.92. The molecular weight excluding hydrogens is 943 g/mol. The molecule has 61 heavy (non-hydrogen) atoms. The zero-order valence-electron chi connectivity index (χ0n) is 36.7. The van der Waals surface area contributed by atoms with Gasteiger partial charge in [-0.15, -0.1) is 0 Å². The molecule has 1 N–H and O–H groups in total. The van der Waals surface area contributed by atoms with Crippen molar-refractivity contribution in [2.75, 3.05) is 0 Å². The molecule has 0 saturated carbocycles. The fraction of sp³-hybridized carbons (Fsp3) is 0.314. The van der Waals surface area contributed by atoms with Crippen LogP contribution in [0, 0.1) is 49.9 Å². The van der Waals surface area contributed by atoms with Crippen molar-refractivity contribution in [3.8, 4) is 28.0 Å². The second-order valence-electron chi connectivity index (χ2n) is 15.3. The van der Waals surface area contributed by atoms with Crippen LogP contribution in [0.5, 0.6) is 5.75 Å². The zero-order chi connectivity index (χ0) is 44.3. The maximum absolute atomic E-state index is 13.5. The van der Waals surface area contributed by atoms with Crippen LogP contribution >= 0.6 is 0 Å². The van der Waals surface area contributed by atoms with Crippen LogP contribution in [0.1, 0.15) is 98.8 Å². The van der Waals surface area contributed by atoms with Gasteiger partial charge in [-0.1, -0.05) is 109 Å². The molecule has 0 aliphatic rings. The molecule has 0 amide bonds. The average molecular weight is 1000 g/mol. The van der Waals surface area contributed by atoms with E-state index in [1.165, 1.54) is 44.5 Å². The molecule has 0 saturated heterocycles. The number of hydrogen-bond acceptors (Lipinski definition) is 2. The zero-order valence-corrected chi connectivity index (χ0v) is 40.8. The fourth-order valence-electron chi connectivity index (χ4n) is 7.15. The van der Waals surface area contributed by atoms with Gasteiger partial charge in [0.1, 0.15) is 5.75 Å². The van der Waals surface area contributed by atoms with Crippen LogP contribution in [0.25, 0.3) is 22.3 Å². The number of aryl methyl sites for hydroxylation is 8. The Bertz CT molecular complexity index is 2390. The average Bonchev–Trinajstić information content (AvgIpc) is 3.64. The summed E-state index contributed by atoms with van der Waals surface area (Å²) in [7, 11) is 0. The largest absolute Gasteiger partial charge is 0.665 e. The van der Waals surface area contributed by atoms with Crippen molar-refractivity contribution in [3.05, 3.63) is 164 Å². The van der Waals surface area contributed by atoms with Crippen molar-refractivity contribution in [3.63, 3.8) is 0 Å². The number of aromatic nitrogens is 1. The Morgan fingerprint density at radius 2 is 1.02 bits per heavy atom. The van der Waals surface area contributed by atoms with Gasteiger partial charge in [0.05, 0.1) is 0 Å². The Morgan fingerprint density at radius 1 is 0.590 bits per heavy atom. The number of rotatable bonds is 10. The van der Waals surface area contributed by atoms with Crippen LogP contribution in [-0.4, -0.2) is 9.51 Å². The van der Waals surface area contributed by atoms with E-state index in [0.29, 0.717) is 5.75 Å². The number of para-hydroxylation sites is 1. The van der Waals surface area contributed by atoms with E-state index in [1.807, 2.05) is 70.2 Å². The Kier molecular flexibility index (Phi) is 19.6. The van der Waals surface area contributed by atoms with E-state index < -0.39 is 58.1 Å². The van der Waals surface area contributed by atoms with Crippen molar-refractivity contribution in [2.24, 2.45) is 3.50 Å². The van der Waals surface area contributed by atoms with Gasteiger partial charge in [-0.05, 0) is 78.0 Å². The maximum atomic E-state index is 13.5. The minimum Gasteiger partial charge on any atom is -0.665 e. The van der Waals surface area contributed by atoms with Gasteiger partial charge in [0.15, 0.2) is 0 Å². The molecule has 1 aromatic heterocycles. The number of halogens is 5. The SMILES string of the molecule is CC(C)([CH]=[Mo]=[N]c1c(F)c(F)c(F)c(F)c1F)c1ccccc1.CCc1cc(CC)c(-c2cccc(-c3c(CC)cc(C)cc3CC)c2O)c(CC)c1.Cc1ccc(C)[n-]1.[Mo]. The van der Waals surface area contributed by atoms with Crippen molar-refractivity contribution in [1.82, 2.24) is 4.98 Å². The van der Waals surface area contributed by atoms with Crippen molar-refractivity contribution in [1.29, 1.82) is 0 Å². The van der Waals surface area contributed by atoms with E-state index in [-0.39, 0.29) is 21.1 Å². The minimum absolute atomic E-state index is 0. The molecule has 0 radical (unpaired) electrons. The van der Waals surface area contributed by atoms with Gasteiger partial charge in [-0.2, -0.15) is 11.4 Å². The molecule has 324 valence electrons. The van der Waals surface area contributed by atoms with E-state index in [0.717, 1.165) is 60.2 Å². The Hall–Kier alpha value is -4.12. The molecule has 0 aliphatic carbocycles. The molecule has 0 fully saturated rings. The molecule has 0 unspecified atom stereocenters. The molecule has 6 aromatic rings. The summed E-state index contributed by atoms with van der Waals surface area (Å²) in [6.45, 7) is 21.0. The van der Waals surface area contributed by atoms with Crippen molar-refractivity contribution < 1.29 is 66.0 Å². The van der Waals surface area contributed by atoms with Crippen LogP contribution in [0.4, 0.5) is 27.6 Å². The second kappa shape index (κ2) is 23.4. The molecule has 0 bridgehead atoms. The maximum Gasteiger partial charge on any atom is 0.131 e. The summed E-state index contributed by atoms with van der Waals surface area (Å²) < 4.78 is 71.7. The van der Waals surface area contributed by atoms with E-state index in [1.54, 1.807) is 4.40 Å². The standard InChI is InChI=1S/C29H36O.C10H12.C6F5N.C6H8N.2Mo/c1-7-20-17-23(10-4)28(24(11-5)18-20)26-14-12-13-25(29(26)30)27-21(8-2)15-19(6)16-22(27)9-3;1-10(2,3)9-7-5-4-6-8-9;7-1-2(8)4(10)6(12)5(11)3(1)9;1-5-3-4-6(2)7-5;;/h12-18,30H,7-11H2,1-6H3;1,4-8H,2-3H3;;3-4H,1-2H3;;/q;;;-1;;. The molecule has 5 aromatic carbocycles. The topological polar surface area (TPSA) is 46.7 Å². The van der Waals surface area contributed by atoms with Crippen LogP contribution < -0.4 is 4.98 Å². The molecule has 0 atom stereocenters. The summed E-state index contributed by atoms with van der Waals surface area (Å²) in [5.41, 5.74) is 14.0. The second-order valence-corrected chi connectivity index (χ2v) is 16.8. The summed E-state index contributed by atoms with van der Waals surface area (Å²) >= 11 is -1.47. The minimum atomic E-state index is -2.17. The molecule has 3 nitrogen and oxygen atoms in total. The molecule has 6 rings (SSSR count). The van der Waals surface area contributed by atoms with Gasteiger partial charge >= 0.3 is 138 Å². The number of phenols is 1. The normalized spacial score (nSPS) is 10.8. The number of benzene rings is 5. The number of hydrogen-bond donors (Lipinski definition) is 1. The molecule has 1 heterocycles. The monoisotopic (exact) mass is 1000 g/mol. The van der Waals surface area contributed by atoms with E-state index >= 15 is 0 Å². The van der Waals surface area contributed by atoms with Gasteiger partial charge in [-0.3, -0.25) is 0 Å². The van der Waals surface area contributed by atoms with Crippen molar-refractivity contribution >= 4 is 10.1 Å². The first kappa shape index (κ1) is 51.2. The number of phenolic OH excluding ortho intramolecular Hbond substituents is 1. The summed E-state index contributed by atoms with van der Waals surface area (Å²) in [6.07, 6.45) is 4.88.